The molecule has 1 atom stereocenters. The first kappa shape index (κ1) is 17.1. The molecule has 2 aromatic rings. The van der Waals surface area contributed by atoms with E-state index in [4.69, 9.17) is 14.2 Å². The van der Waals surface area contributed by atoms with E-state index in [0.717, 1.165) is 8.95 Å². The topological polar surface area (TPSA) is 56.8 Å². The minimum Gasteiger partial charge on any atom is -0.486 e. The number of carbonyl (C=O) groups is 1. The Morgan fingerprint density at radius 1 is 1.12 bits per heavy atom. The van der Waals surface area contributed by atoms with Crippen molar-refractivity contribution in [3.8, 4) is 17.2 Å². The third-order valence-electron chi connectivity index (χ3n) is 3.39. The van der Waals surface area contributed by atoms with Gasteiger partial charge in [-0.3, -0.25) is 4.79 Å². The van der Waals surface area contributed by atoms with E-state index in [0.29, 0.717) is 36.1 Å². The van der Waals surface area contributed by atoms with Crippen LogP contribution in [0.5, 0.6) is 17.2 Å². The predicted molar refractivity (Wildman–Crippen MR) is 98.0 cm³/mol. The summed E-state index contributed by atoms with van der Waals surface area (Å²) in [5.74, 6) is 1.64. The van der Waals surface area contributed by atoms with Crippen molar-refractivity contribution in [2.45, 2.75) is 13.0 Å². The Labute approximate surface area is 156 Å². The monoisotopic (exact) mass is 455 g/mol. The van der Waals surface area contributed by atoms with Crippen molar-refractivity contribution in [3.05, 3.63) is 45.3 Å². The highest BCUT2D eigenvalue weighted by atomic mass is 79.9. The second-order valence-electron chi connectivity index (χ2n) is 5.18. The summed E-state index contributed by atoms with van der Waals surface area (Å²) in [4.78, 5) is 12.4. The first-order valence-electron chi connectivity index (χ1n) is 7.35. The number of hydrogen-bond donors (Lipinski definition) is 1. The molecule has 126 valence electrons. The van der Waals surface area contributed by atoms with Crippen LogP contribution in [0.25, 0.3) is 0 Å². The Morgan fingerprint density at radius 2 is 1.75 bits per heavy atom. The number of nitrogens with one attached hydrogen (secondary N) is 1. The molecule has 3 rings (SSSR count). The van der Waals surface area contributed by atoms with Crippen molar-refractivity contribution in [3.63, 3.8) is 0 Å². The van der Waals surface area contributed by atoms with Crippen LogP contribution in [0.4, 0.5) is 5.69 Å². The van der Waals surface area contributed by atoms with Crippen molar-refractivity contribution in [1.82, 2.24) is 0 Å². The normalized spacial score (nSPS) is 14.0. The zero-order chi connectivity index (χ0) is 17.1. The Kier molecular flexibility index (Phi) is 5.30. The average molecular weight is 457 g/mol. The maximum atomic E-state index is 12.4. The van der Waals surface area contributed by atoms with E-state index in [9.17, 15) is 4.79 Å². The van der Waals surface area contributed by atoms with Crippen LogP contribution in [0, 0.1) is 0 Å². The van der Waals surface area contributed by atoms with E-state index in [1.54, 1.807) is 31.2 Å². The molecule has 0 spiro atoms. The van der Waals surface area contributed by atoms with Crippen LogP contribution in [0.1, 0.15) is 6.92 Å². The molecule has 5 nitrogen and oxygen atoms in total. The van der Waals surface area contributed by atoms with Crippen LogP contribution in [0.2, 0.25) is 0 Å². The fourth-order valence-electron chi connectivity index (χ4n) is 2.16. The fraction of sp³-hybridized carbons (Fsp3) is 0.235. The zero-order valence-corrected chi connectivity index (χ0v) is 16.0. The van der Waals surface area contributed by atoms with Gasteiger partial charge in [0.1, 0.15) is 19.0 Å². The third kappa shape index (κ3) is 4.02. The summed E-state index contributed by atoms with van der Waals surface area (Å²) in [5.41, 5.74) is 0.607. The predicted octanol–water partition coefficient (Wildman–Crippen LogP) is 4.39. The van der Waals surface area contributed by atoms with Crippen LogP contribution in [0.3, 0.4) is 0 Å². The number of carbonyl (C=O) groups excluding carboxylic acids is 1. The summed E-state index contributed by atoms with van der Waals surface area (Å²) in [7, 11) is 0. The Bertz CT molecular complexity index is 749. The van der Waals surface area contributed by atoms with Gasteiger partial charge >= 0.3 is 0 Å². The lowest BCUT2D eigenvalue weighted by molar-refractivity contribution is -0.122. The molecular formula is C17H15Br2NO4. The maximum Gasteiger partial charge on any atom is 0.265 e. The highest BCUT2D eigenvalue weighted by Crippen LogP contribution is 2.38. The molecule has 0 saturated carbocycles. The van der Waals surface area contributed by atoms with Crippen molar-refractivity contribution in [2.75, 3.05) is 18.5 Å². The van der Waals surface area contributed by atoms with Gasteiger partial charge < -0.3 is 19.5 Å². The lowest BCUT2D eigenvalue weighted by Crippen LogP contribution is -2.30. The Hall–Kier alpha value is -1.73. The molecule has 7 heteroatoms. The first-order valence-corrected chi connectivity index (χ1v) is 8.94. The molecule has 1 amide bonds. The molecule has 0 aromatic heterocycles. The SMILES string of the molecule is CC(Oc1ccc(Br)cc1)C(=O)Nc1cc2c(cc1Br)OCCO2. The van der Waals surface area contributed by atoms with Crippen molar-refractivity contribution >= 4 is 43.5 Å². The van der Waals surface area contributed by atoms with Gasteiger partial charge in [-0.05, 0) is 47.1 Å². The van der Waals surface area contributed by atoms with Gasteiger partial charge in [-0.1, -0.05) is 15.9 Å². The molecular weight excluding hydrogens is 442 g/mol. The maximum absolute atomic E-state index is 12.4. The molecule has 0 fully saturated rings. The average Bonchev–Trinajstić information content (AvgIpc) is 2.57. The lowest BCUT2D eigenvalue weighted by atomic mass is 10.2. The zero-order valence-electron chi connectivity index (χ0n) is 12.8. The summed E-state index contributed by atoms with van der Waals surface area (Å²) in [6.07, 6.45) is -0.647. The van der Waals surface area contributed by atoms with Gasteiger partial charge in [0.2, 0.25) is 0 Å². The molecule has 1 unspecified atom stereocenters. The molecule has 2 aromatic carbocycles. The summed E-state index contributed by atoms with van der Waals surface area (Å²) in [6.45, 7) is 2.71. The fourth-order valence-corrected chi connectivity index (χ4v) is 2.85. The van der Waals surface area contributed by atoms with E-state index < -0.39 is 6.10 Å². The highest BCUT2D eigenvalue weighted by molar-refractivity contribution is 9.10. The van der Waals surface area contributed by atoms with Crippen molar-refractivity contribution in [1.29, 1.82) is 0 Å². The largest absolute Gasteiger partial charge is 0.486 e. The van der Waals surface area contributed by atoms with Gasteiger partial charge in [-0.2, -0.15) is 0 Å². The summed E-state index contributed by atoms with van der Waals surface area (Å²) in [5, 5.41) is 2.84. The number of hydrogen-bond acceptors (Lipinski definition) is 4. The van der Waals surface area contributed by atoms with Crippen LogP contribution >= 0.6 is 31.9 Å². The number of anilines is 1. The van der Waals surface area contributed by atoms with Crippen LogP contribution in [0.15, 0.2) is 45.3 Å². The lowest BCUT2D eigenvalue weighted by Gasteiger charge is -2.21. The van der Waals surface area contributed by atoms with Crippen molar-refractivity contribution in [2.24, 2.45) is 0 Å². The van der Waals surface area contributed by atoms with Gasteiger partial charge in [0, 0.05) is 21.1 Å². The van der Waals surface area contributed by atoms with Gasteiger partial charge in [-0.25, -0.2) is 0 Å². The molecule has 0 radical (unpaired) electrons. The van der Waals surface area contributed by atoms with Crippen molar-refractivity contribution < 1.29 is 19.0 Å². The number of benzene rings is 2. The van der Waals surface area contributed by atoms with E-state index in [1.807, 2.05) is 12.1 Å². The van der Waals surface area contributed by atoms with E-state index >= 15 is 0 Å². The molecule has 0 saturated heterocycles. The smallest absolute Gasteiger partial charge is 0.265 e. The first-order chi connectivity index (χ1) is 11.5. The van der Waals surface area contributed by atoms with E-state index in [-0.39, 0.29) is 5.91 Å². The van der Waals surface area contributed by atoms with Gasteiger partial charge in [0.25, 0.3) is 5.91 Å². The minimum atomic E-state index is -0.647. The Balaban J connectivity index is 1.68. The quantitative estimate of drug-likeness (QED) is 0.741. The summed E-state index contributed by atoms with van der Waals surface area (Å²) < 4.78 is 18.4. The number of amides is 1. The third-order valence-corrected chi connectivity index (χ3v) is 4.57. The van der Waals surface area contributed by atoms with E-state index in [1.165, 1.54) is 0 Å². The number of fused-ring (bicyclic) bond motifs is 1. The summed E-state index contributed by atoms with van der Waals surface area (Å²) in [6, 6.07) is 10.8. The van der Waals surface area contributed by atoms with Crippen LogP contribution in [-0.2, 0) is 4.79 Å². The Morgan fingerprint density at radius 3 is 2.42 bits per heavy atom. The standard InChI is InChI=1S/C17H15Br2NO4/c1-10(24-12-4-2-11(18)3-5-12)17(21)20-14-9-16-15(8-13(14)19)22-6-7-23-16/h2-5,8-10H,6-7H2,1H3,(H,20,21). The van der Waals surface area contributed by atoms with E-state index in [2.05, 4.69) is 37.2 Å². The number of halogens is 2. The highest BCUT2D eigenvalue weighted by Gasteiger charge is 2.19. The molecule has 0 aliphatic carbocycles. The van der Waals surface area contributed by atoms with Gasteiger partial charge in [0.15, 0.2) is 17.6 Å². The minimum absolute atomic E-state index is 0.254. The number of rotatable bonds is 4. The van der Waals surface area contributed by atoms with Gasteiger partial charge in [0.05, 0.1) is 5.69 Å². The second-order valence-corrected chi connectivity index (χ2v) is 6.95. The molecule has 0 bridgehead atoms. The molecule has 1 aliphatic heterocycles. The molecule has 24 heavy (non-hydrogen) atoms. The summed E-state index contributed by atoms with van der Waals surface area (Å²) >= 11 is 6.79. The second kappa shape index (κ2) is 7.44. The number of ether oxygens (including phenoxy) is 3. The van der Waals surface area contributed by atoms with Crippen LogP contribution in [-0.4, -0.2) is 25.2 Å². The molecule has 1 heterocycles. The molecule has 1 aliphatic rings. The van der Waals surface area contributed by atoms with Crippen LogP contribution < -0.4 is 19.5 Å². The van der Waals surface area contributed by atoms with Gasteiger partial charge in [-0.15, -0.1) is 0 Å². The molecule has 1 N–H and O–H groups in total.